The van der Waals surface area contributed by atoms with E-state index in [-0.39, 0.29) is 5.57 Å². The number of halogens is 1. The normalized spacial score (nSPS) is 11.9. The maximum absolute atomic E-state index is 11.6. The first-order chi connectivity index (χ1) is 8.56. The molecule has 0 radical (unpaired) electrons. The molecule has 0 saturated carbocycles. The van der Waals surface area contributed by atoms with Gasteiger partial charge in [0.1, 0.15) is 6.10 Å². The van der Waals surface area contributed by atoms with Gasteiger partial charge in [-0.05, 0) is 24.1 Å². The highest BCUT2D eigenvalue weighted by Gasteiger charge is 2.19. The summed E-state index contributed by atoms with van der Waals surface area (Å²) in [6.07, 6.45) is 0.687. The Labute approximate surface area is 112 Å². The summed E-state index contributed by atoms with van der Waals surface area (Å²) < 4.78 is 4.99. The van der Waals surface area contributed by atoms with E-state index in [0.717, 1.165) is 12.8 Å². The van der Waals surface area contributed by atoms with Gasteiger partial charge in [0.05, 0.1) is 12.2 Å². The van der Waals surface area contributed by atoms with Crippen LogP contribution in [0.2, 0.25) is 5.02 Å². The monoisotopic (exact) mass is 268 g/mol. The lowest BCUT2D eigenvalue weighted by atomic mass is 10.0. The van der Waals surface area contributed by atoms with Crippen LogP contribution in [-0.2, 0) is 9.53 Å². The molecule has 98 valence electrons. The summed E-state index contributed by atoms with van der Waals surface area (Å²) in [6.45, 7) is 5.93. The maximum Gasteiger partial charge on any atom is 0.336 e. The Hall–Kier alpha value is -1.32. The molecular formula is C14H17ClO3. The highest BCUT2D eigenvalue weighted by molar-refractivity contribution is 6.30. The number of ether oxygens (including phenoxy) is 1. The molecule has 1 aromatic rings. The van der Waals surface area contributed by atoms with Gasteiger partial charge in [-0.25, -0.2) is 4.79 Å². The second kappa shape index (κ2) is 7.19. The highest BCUT2D eigenvalue weighted by atomic mass is 35.5. The third-order valence-corrected chi connectivity index (χ3v) is 2.76. The van der Waals surface area contributed by atoms with E-state index < -0.39 is 12.1 Å². The predicted molar refractivity (Wildman–Crippen MR) is 71.4 cm³/mol. The first-order valence-corrected chi connectivity index (χ1v) is 6.23. The second-order valence-electron chi connectivity index (χ2n) is 3.97. The molecular weight excluding hydrogens is 252 g/mol. The highest BCUT2D eigenvalue weighted by Crippen LogP contribution is 2.22. The van der Waals surface area contributed by atoms with E-state index in [1.54, 1.807) is 24.3 Å². The summed E-state index contributed by atoms with van der Waals surface area (Å²) in [5.74, 6) is -0.564. The van der Waals surface area contributed by atoms with Gasteiger partial charge >= 0.3 is 5.97 Å². The zero-order valence-electron chi connectivity index (χ0n) is 10.4. The molecule has 0 saturated heterocycles. The van der Waals surface area contributed by atoms with E-state index in [1.807, 2.05) is 6.92 Å². The van der Waals surface area contributed by atoms with Gasteiger partial charge in [-0.3, -0.25) is 0 Å². The molecule has 1 aromatic carbocycles. The molecule has 0 bridgehead atoms. The van der Waals surface area contributed by atoms with Gasteiger partial charge in [-0.15, -0.1) is 0 Å². The second-order valence-corrected chi connectivity index (χ2v) is 4.41. The van der Waals surface area contributed by atoms with Crippen LogP contribution in [0.25, 0.3) is 0 Å². The minimum atomic E-state index is -1.06. The van der Waals surface area contributed by atoms with Gasteiger partial charge in [0.2, 0.25) is 0 Å². The van der Waals surface area contributed by atoms with Gasteiger partial charge in [-0.2, -0.15) is 0 Å². The molecule has 0 fully saturated rings. The zero-order valence-corrected chi connectivity index (χ0v) is 11.1. The van der Waals surface area contributed by atoms with Crippen molar-refractivity contribution in [2.75, 3.05) is 6.61 Å². The van der Waals surface area contributed by atoms with Crippen LogP contribution in [0.4, 0.5) is 0 Å². The molecule has 0 unspecified atom stereocenters. The van der Waals surface area contributed by atoms with Crippen molar-refractivity contribution in [3.63, 3.8) is 0 Å². The van der Waals surface area contributed by atoms with Crippen molar-refractivity contribution < 1.29 is 14.6 Å². The van der Waals surface area contributed by atoms with Crippen molar-refractivity contribution in [1.82, 2.24) is 0 Å². The van der Waals surface area contributed by atoms with Crippen LogP contribution >= 0.6 is 11.6 Å². The summed E-state index contributed by atoms with van der Waals surface area (Å²) >= 11 is 5.75. The van der Waals surface area contributed by atoms with Gasteiger partial charge in [0.25, 0.3) is 0 Å². The summed E-state index contributed by atoms with van der Waals surface area (Å²) in [5.41, 5.74) is 0.602. The van der Waals surface area contributed by atoms with Crippen molar-refractivity contribution in [2.24, 2.45) is 0 Å². The third kappa shape index (κ3) is 4.17. The summed E-state index contributed by atoms with van der Waals surface area (Å²) in [4.78, 5) is 11.6. The van der Waals surface area contributed by atoms with Crippen molar-refractivity contribution >= 4 is 17.6 Å². The molecule has 0 aromatic heterocycles. The van der Waals surface area contributed by atoms with E-state index in [0.29, 0.717) is 17.2 Å². The first kappa shape index (κ1) is 14.7. The molecule has 18 heavy (non-hydrogen) atoms. The molecule has 4 heteroatoms. The van der Waals surface area contributed by atoms with Gasteiger partial charge in [0, 0.05) is 5.02 Å². The summed E-state index contributed by atoms with van der Waals surface area (Å²) in [7, 11) is 0. The van der Waals surface area contributed by atoms with Crippen LogP contribution in [0, 0.1) is 0 Å². The topological polar surface area (TPSA) is 46.5 Å². The fraction of sp³-hybridized carbons (Fsp3) is 0.357. The number of esters is 1. The Morgan fingerprint density at radius 3 is 2.61 bits per heavy atom. The fourth-order valence-corrected chi connectivity index (χ4v) is 1.49. The molecule has 0 aliphatic rings. The molecule has 3 nitrogen and oxygen atoms in total. The number of unbranched alkanes of at least 4 members (excludes halogenated alkanes) is 1. The number of rotatable bonds is 6. The lowest BCUT2D eigenvalue weighted by molar-refractivity contribution is -0.140. The fourth-order valence-electron chi connectivity index (χ4n) is 1.36. The molecule has 0 amide bonds. The number of aliphatic hydroxyl groups excluding tert-OH is 1. The quantitative estimate of drug-likeness (QED) is 0.489. The van der Waals surface area contributed by atoms with Crippen LogP contribution in [0.1, 0.15) is 31.4 Å². The van der Waals surface area contributed by atoms with Crippen molar-refractivity contribution in [2.45, 2.75) is 25.9 Å². The SMILES string of the molecule is C=C(C(=O)OCCCC)[C@@H](O)c1ccc(Cl)cc1. The van der Waals surface area contributed by atoms with E-state index in [9.17, 15) is 9.90 Å². The zero-order chi connectivity index (χ0) is 13.5. The van der Waals surface area contributed by atoms with E-state index in [2.05, 4.69) is 6.58 Å². The number of hydrogen-bond donors (Lipinski definition) is 1. The molecule has 0 aliphatic carbocycles. The number of aliphatic hydroxyl groups is 1. The lowest BCUT2D eigenvalue weighted by Crippen LogP contribution is -2.14. The average molecular weight is 269 g/mol. The van der Waals surface area contributed by atoms with Crippen LogP contribution in [-0.4, -0.2) is 17.7 Å². The molecule has 1 N–H and O–H groups in total. The van der Waals surface area contributed by atoms with Crippen molar-refractivity contribution in [3.05, 3.63) is 47.0 Å². The van der Waals surface area contributed by atoms with Gasteiger partial charge < -0.3 is 9.84 Å². The van der Waals surface area contributed by atoms with Gasteiger partial charge in [0.15, 0.2) is 0 Å². The Balaban J connectivity index is 2.60. The maximum atomic E-state index is 11.6. The van der Waals surface area contributed by atoms with Crippen LogP contribution < -0.4 is 0 Å². The van der Waals surface area contributed by atoms with Crippen LogP contribution in [0.15, 0.2) is 36.4 Å². The smallest absolute Gasteiger partial charge is 0.336 e. The molecule has 0 spiro atoms. The number of carbonyl (C=O) groups excluding carboxylic acids is 1. The Bertz CT molecular complexity index is 412. The van der Waals surface area contributed by atoms with E-state index in [1.165, 1.54) is 0 Å². The number of benzene rings is 1. The van der Waals surface area contributed by atoms with E-state index >= 15 is 0 Å². The summed E-state index contributed by atoms with van der Waals surface area (Å²) in [5, 5.41) is 10.5. The Morgan fingerprint density at radius 1 is 1.44 bits per heavy atom. The molecule has 1 atom stereocenters. The van der Waals surface area contributed by atoms with E-state index in [4.69, 9.17) is 16.3 Å². The van der Waals surface area contributed by atoms with Crippen LogP contribution in [0.3, 0.4) is 0 Å². The molecule has 1 rings (SSSR count). The molecule has 0 aliphatic heterocycles. The number of carbonyl (C=O) groups is 1. The Morgan fingerprint density at radius 2 is 2.06 bits per heavy atom. The van der Waals surface area contributed by atoms with Crippen LogP contribution in [0.5, 0.6) is 0 Å². The predicted octanol–water partition coefficient (Wildman–Crippen LogP) is 3.27. The molecule has 0 heterocycles. The lowest BCUT2D eigenvalue weighted by Gasteiger charge is -2.13. The standard InChI is InChI=1S/C14H17ClO3/c1-3-4-9-18-14(17)10(2)13(16)11-5-7-12(15)8-6-11/h5-8,13,16H,2-4,9H2,1H3/t13-/m1/s1. The average Bonchev–Trinajstić information content (AvgIpc) is 2.38. The minimum absolute atomic E-state index is 0.0356. The minimum Gasteiger partial charge on any atom is -0.462 e. The van der Waals surface area contributed by atoms with Crippen molar-refractivity contribution in [1.29, 1.82) is 0 Å². The van der Waals surface area contributed by atoms with Crippen molar-refractivity contribution in [3.8, 4) is 0 Å². The summed E-state index contributed by atoms with van der Waals surface area (Å²) in [6, 6.07) is 6.60. The van der Waals surface area contributed by atoms with Gasteiger partial charge in [-0.1, -0.05) is 43.7 Å². The first-order valence-electron chi connectivity index (χ1n) is 5.85. The number of hydrogen-bond acceptors (Lipinski definition) is 3. The third-order valence-electron chi connectivity index (χ3n) is 2.51. The Kier molecular flexibility index (Phi) is 5.89. The largest absolute Gasteiger partial charge is 0.462 e.